The predicted molar refractivity (Wildman–Crippen MR) is 54.3 cm³/mol. The third-order valence-corrected chi connectivity index (χ3v) is 3.61. The maximum atomic E-state index is 11.6. The van der Waals surface area contributed by atoms with Gasteiger partial charge in [0.1, 0.15) is 5.82 Å². The Hall–Kier alpha value is -0.680. The van der Waals surface area contributed by atoms with E-state index in [1.54, 1.807) is 13.8 Å². The van der Waals surface area contributed by atoms with Crippen LogP contribution in [0.1, 0.15) is 11.5 Å². The van der Waals surface area contributed by atoms with Crippen molar-refractivity contribution < 1.29 is 8.42 Å². The molecule has 1 aromatic rings. The summed E-state index contributed by atoms with van der Waals surface area (Å²) in [6.07, 6.45) is 0. The molecule has 0 saturated heterocycles. The number of sulfone groups is 1. The number of halogens is 1. The van der Waals surface area contributed by atoms with Gasteiger partial charge in [-0.1, -0.05) is 0 Å². The van der Waals surface area contributed by atoms with Gasteiger partial charge < -0.3 is 0 Å². The summed E-state index contributed by atoms with van der Waals surface area (Å²) in [5.41, 5.74) is 0.644. The summed E-state index contributed by atoms with van der Waals surface area (Å²) < 4.78 is 23.1. The lowest BCUT2D eigenvalue weighted by Gasteiger charge is -2.03. The van der Waals surface area contributed by atoms with Crippen molar-refractivity contribution in [2.45, 2.75) is 18.9 Å². The quantitative estimate of drug-likeness (QED) is 0.581. The van der Waals surface area contributed by atoms with Crippen LogP contribution in [0.15, 0.2) is 11.1 Å². The molecule has 4 nitrogen and oxygen atoms in total. The van der Waals surface area contributed by atoms with Crippen molar-refractivity contribution in [3.05, 3.63) is 17.6 Å². The van der Waals surface area contributed by atoms with Crippen LogP contribution in [0.3, 0.4) is 0 Å². The van der Waals surface area contributed by atoms with E-state index in [-0.39, 0.29) is 16.7 Å². The van der Waals surface area contributed by atoms with Crippen LogP contribution >= 0.6 is 11.6 Å². The summed E-state index contributed by atoms with van der Waals surface area (Å²) in [4.78, 5) is 7.87. The number of rotatable bonds is 3. The molecule has 0 spiro atoms. The third kappa shape index (κ3) is 2.65. The normalized spacial score (nSPS) is 11.6. The first-order valence-electron chi connectivity index (χ1n) is 4.07. The number of hydrogen-bond acceptors (Lipinski definition) is 4. The zero-order chi connectivity index (χ0) is 10.8. The average Bonchev–Trinajstić information content (AvgIpc) is 2.02. The molecule has 1 rings (SSSR count). The van der Waals surface area contributed by atoms with Gasteiger partial charge in [-0.2, -0.15) is 0 Å². The molecule has 0 fully saturated rings. The molecule has 0 N–H and O–H groups in total. The molecular weight excluding hydrogens is 224 g/mol. The topological polar surface area (TPSA) is 59.9 Å². The van der Waals surface area contributed by atoms with Crippen LogP contribution in [-0.2, 0) is 9.84 Å². The molecule has 14 heavy (non-hydrogen) atoms. The third-order valence-electron chi connectivity index (χ3n) is 1.61. The Balaban J connectivity index is 3.19. The molecule has 0 aromatic carbocycles. The van der Waals surface area contributed by atoms with Crippen LogP contribution in [0.4, 0.5) is 0 Å². The Kier molecular flexibility index (Phi) is 3.44. The molecule has 0 unspecified atom stereocenters. The Bertz CT molecular complexity index is 411. The first-order valence-corrected chi connectivity index (χ1v) is 6.25. The maximum Gasteiger partial charge on any atom is 0.196 e. The lowest BCUT2D eigenvalue weighted by Crippen LogP contribution is -2.11. The van der Waals surface area contributed by atoms with Crippen molar-refractivity contribution >= 4 is 21.4 Å². The summed E-state index contributed by atoms with van der Waals surface area (Å²) in [6.45, 7) is 3.39. The van der Waals surface area contributed by atoms with Gasteiger partial charge in [0, 0.05) is 11.6 Å². The van der Waals surface area contributed by atoms with Gasteiger partial charge in [0.15, 0.2) is 14.9 Å². The van der Waals surface area contributed by atoms with E-state index in [1.165, 1.54) is 6.07 Å². The standard InChI is InChI=1S/C8H11ClN2O2S/c1-6-5-8(11-7(2)10-6)14(12,13)4-3-9/h5H,3-4H2,1-2H3. The molecule has 0 amide bonds. The molecule has 1 heterocycles. The van der Waals surface area contributed by atoms with Crippen molar-refractivity contribution in [3.8, 4) is 0 Å². The van der Waals surface area contributed by atoms with E-state index in [1.807, 2.05) is 0 Å². The molecule has 0 atom stereocenters. The second kappa shape index (κ2) is 4.23. The van der Waals surface area contributed by atoms with Crippen molar-refractivity contribution in [1.29, 1.82) is 0 Å². The molecule has 78 valence electrons. The highest BCUT2D eigenvalue weighted by molar-refractivity contribution is 7.91. The summed E-state index contributed by atoms with van der Waals surface area (Å²) in [5.74, 6) is 0.438. The van der Waals surface area contributed by atoms with Gasteiger partial charge in [0.05, 0.1) is 5.75 Å². The summed E-state index contributed by atoms with van der Waals surface area (Å²) in [5, 5.41) is 0.0585. The summed E-state index contributed by atoms with van der Waals surface area (Å²) >= 11 is 5.39. The largest absolute Gasteiger partial charge is 0.238 e. The van der Waals surface area contributed by atoms with E-state index in [2.05, 4.69) is 9.97 Å². The molecular formula is C8H11ClN2O2S. The second-order valence-corrected chi connectivity index (χ2v) is 5.34. The van der Waals surface area contributed by atoms with Gasteiger partial charge in [-0.05, 0) is 19.9 Å². The summed E-state index contributed by atoms with van der Waals surface area (Å²) in [6, 6.07) is 1.45. The zero-order valence-corrected chi connectivity index (χ0v) is 9.56. The molecule has 0 bridgehead atoms. The monoisotopic (exact) mass is 234 g/mol. The van der Waals surface area contributed by atoms with Crippen LogP contribution in [0.2, 0.25) is 0 Å². The Morgan fingerprint density at radius 1 is 1.36 bits per heavy atom. The molecule has 0 aliphatic carbocycles. The van der Waals surface area contributed by atoms with Gasteiger partial charge in [-0.3, -0.25) is 0 Å². The van der Waals surface area contributed by atoms with E-state index in [0.29, 0.717) is 11.5 Å². The Morgan fingerprint density at radius 3 is 2.50 bits per heavy atom. The molecule has 1 aromatic heterocycles. The van der Waals surface area contributed by atoms with E-state index in [0.717, 1.165) is 0 Å². The minimum atomic E-state index is -3.34. The highest BCUT2D eigenvalue weighted by Gasteiger charge is 2.16. The van der Waals surface area contributed by atoms with Crippen LogP contribution in [0.25, 0.3) is 0 Å². The second-order valence-electron chi connectivity index (χ2n) is 2.90. The first kappa shape index (κ1) is 11.4. The van der Waals surface area contributed by atoms with Crippen molar-refractivity contribution in [2.75, 3.05) is 11.6 Å². The average molecular weight is 235 g/mol. The van der Waals surface area contributed by atoms with Crippen molar-refractivity contribution in [1.82, 2.24) is 9.97 Å². The lowest BCUT2D eigenvalue weighted by molar-refractivity contribution is 0.592. The van der Waals surface area contributed by atoms with E-state index < -0.39 is 9.84 Å². The molecule has 6 heteroatoms. The van der Waals surface area contributed by atoms with Gasteiger partial charge in [-0.25, -0.2) is 18.4 Å². The van der Waals surface area contributed by atoms with Crippen LogP contribution in [-0.4, -0.2) is 30.0 Å². The highest BCUT2D eigenvalue weighted by atomic mass is 35.5. The van der Waals surface area contributed by atoms with Crippen molar-refractivity contribution in [2.24, 2.45) is 0 Å². The van der Waals surface area contributed by atoms with E-state index >= 15 is 0 Å². The van der Waals surface area contributed by atoms with E-state index in [9.17, 15) is 8.42 Å². The minimum Gasteiger partial charge on any atom is -0.238 e. The van der Waals surface area contributed by atoms with E-state index in [4.69, 9.17) is 11.6 Å². The number of hydrogen-bond donors (Lipinski definition) is 0. The number of alkyl halides is 1. The van der Waals surface area contributed by atoms with Crippen LogP contribution < -0.4 is 0 Å². The fourth-order valence-electron chi connectivity index (χ4n) is 1.05. The Labute approximate surface area is 88.3 Å². The minimum absolute atomic E-state index is 0.0585. The van der Waals surface area contributed by atoms with Crippen LogP contribution in [0, 0.1) is 13.8 Å². The molecule has 0 saturated carbocycles. The van der Waals surface area contributed by atoms with Gasteiger partial charge in [0.2, 0.25) is 0 Å². The number of aryl methyl sites for hydroxylation is 2. The first-order chi connectivity index (χ1) is 6.45. The van der Waals surface area contributed by atoms with Gasteiger partial charge >= 0.3 is 0 Å². The smallest absolute Gasteiger partial charge is 0.196 e. The maximum absolute atomic E-state index is 11.6. The SMILES string of the molecule is Cc1cc(S(=O)(=O)CCCl)nc(C)n1. The molecule has 0 aliphatic rings. The van der Waals surface area contributed by atoms with Gasteiger partial charge in [0.25, 0.3) is 0 Å². The fraction of sp³-hybridized carbons (Fsp3) is 0.500. The Morgan fingerprint density at radius 2 is 2.00 bits per heavy atom. The highest BCUT2D eigenvalue weighted by Crippen LogP contribution is 2.09. The fourth-order valence-corrected chi connectivity index (χ4v) is 2.69. The summed E-state index contributed by atoms with van der Waals surface area (Å²) in [7, 11) is -3.34. The van der Waals surface area contributed by atoms with Crippen LogP contribution in [0.5, 0.6) is 0 Å². The zero-order valence-electron chi connectivity index (χ0n) is 7.99. The van der Waals surface area contributed by atoms with Gasteiger partial charge in [-0.15, -0.1) is 11.6 Å². The number of aromatic nitrogens is 2. The van der Waals surface area contributed by atoms with Crippen molar-refractivity contribution in [3.63, 3.8) is 0 Å². The number of nitrogens with zero attached hydrogens (tertiary/aromatic N) is 2. The lowest BCUT2D eigenvalue weighted by atomic mass is 10.4. The predicted octanol–water partition coefficient (Wildman–Crippen LogP) is 1.11. The molecule has 0 aliphatic heterocycles. The molecule has 0 radical (unpaired) electrons.